The van der Waals surface area contributed by atoms with Crippen molar-refractivity contribution >= 4 is 30.0 Å². The Morgan fingerprint density at radius 3 is 2.82 bits per heavy atom. The largest absolute Gasteiger partial charge is 0.250 e. The summed E-state index contributed by atoms with van der Waals surface area (Å²) in [5.41, 5.74) is 0.912. The molecule has 88 valence electrons. The van der Waals surface area contributed by atoms with E-state index in [2.05, 4.69) is 15.3 Å². The lowest BCUT2D eigenvalue weighted by atomic mass is 10.2. The van der Waals surface area contributed by atoms with Crippen molar-refractivity contribution in [2.45, 2.75) is 13.3 Å². The third-order valence-corrected chi connectivity index (χ3v) is 2.65. The molecule has 1 aromatic carbocycles. The summed E-state index contributed by atoms with van der Waals surface area (Å²) in [6.45, 7) is 2.01. The molecule has 2 aromatic rings. The Morgan fingerprint density at radius 2 is 2.18 bits per heavy atom. The predicted molar refractivity (Wildman–Crippen MR) is 72.0 cm³/mol. The number of H-pyrrole nitrogens is 1. The van der Waals surface area contributed by atoms with Crippen LogP contribution >= 0.6 is 23.8 Å². The van der Waals surface area contributed by atoms with Crippen LogP contribution in [0.15, 0.2) is 29.4 Å². The molecule has 0 bridgehead atoms. The van der Waals surface area contributed by atoms with Crippen molar-refractivity contribution in [3.05, 3.63) is 34.1 Å². The Morgan fingerprint density at radius 1 is 1.47 bits per heavy atom. The van der Waals surface area contributed by atoms with Crippen molar-refractivity contribution in [1.29, 1.82) is 0 Å². The van der Waals surface area contributed by atoms with Gasteiger partial charge in [0.2, 0.25) is 4.77 Å². The van der Waals surface area contributed by atoms with Crippen molar-refractivity contribution in [1.82, 2.24) is 14.9 Å². The molecule has 17 heavy (non-hydrogen) atoms. The van der Waals surface area contributed by atoms with Crippen LogP contribution in [0.4, 0.5) is 0 Å². The second-order valence-electron chi connectivity index (χ2n) is 3.38. The van der Waals surface area contributed by atoms with Crippen LogP contribution in [0.2, 0.25) is 5.02 Å². The third kappa shape index (κ3) is 2.62. The summed E-state index contributed by atoms with van der Waals surface area (Å²) in [5.74, 6) is 0.677. The van der Waals surface area contributed by atoms with E-state index in [4.69, 9.17) is 23.8 Å². The maximum absolute atomic E-state index is 5.84. The van der Waals surface area contributed by atoms with E-state index in [-0.39, 0.29) is 0 Å². The Hall–Kier alpha value is -1.46. The van der Waals surface area contributed by atoms with Crippen molar-refractivity contribution in [2.24, 2.45) is 5.10 Å². The van der Waals surface area contributed by atoms with Crippen LogP contribution in [0, 0.1) is 4.77 Å². The van der Waals surface area contributed by atoms with E-state index in [1.165, 1.54) is 0 Å². The number of aromatic amines is 1. The smallest absolute Gasteiger partial charge is 0.216 e. The number of halogens is 1. The van der Waals surface area contributed by atoms with E-state index >= 15 is 0 Å². The molecule has 0 atom stereocenters. The normalized spacial score (nSPS) is 11.2. The summed E-state index contributed by atoms with van der Waals surface area (Å²) in [4.78, 5) is 0. The Labute approximate surface area is 109 Å². The van der Waals surface area contributed by atoms with Crippen LogP contribution in [-0.4, -0.2) is 21.1 Å². The van der Waals surface area contributed by atoms with Gasteiger partial charge in [-0.3, -0.25) is 0 Å². The molecule has 0 aliphatic carbocycles. The molecule has 0 unspecified atom stereocenters. The van der Waals surface area contributed by atoms with E-state index in [1.54, 1.807) is 10.9 Å². The van der Waals surface area contributed by atoms with Gasteiger partial charge in [-0.2, -0.15) is 14.9 Å². The van der Waals surface area contributed by atoms with Gasteiger partial charge in [0.25, 0.3) is 0 Å². The maximum atomic E-state index is 5.84. The van der Waals surface area contributed by atoms with Crippen molar-refractivity contribution in [3.8, 4) is 11.4 Å². The molecule has 0 radical (unpaired) electrons. The van der Waals surface area contributed by atoms with Crippen LogP contribution in [0.1, 0.15) is 13.3 Å². The first kappa shape index (κ1) is 12.0. The number of nitrogens with one attached hydrogen (secondary N) is 1. The molecule has 1 N–H and O–H groups in total. The topological polar surface area (TPSA) is 46.0 Å². The van der Waals surface area contributed by atoms with Gasteiger partial charge in [0, 0.05) is 16.8 Å². The van der Waals surface area contributed by atoms with E-state index in [1.807, 2.05) is 31.2 Å². The summed E-state index contributed by atoms with van der Waals surface area (Å²) in [6.07, 6.45) is 2.62. The second kappa shape index (κ2) is 5.25. The minimum atomic E-state index is 0.472. The SMILES string of the molecule is CCC=Nn1c(-c2ccc(Cl)cc2)n[nH]c1=S. The highest BCUT2D eigenvalue weighted by molar-refractivity contribution is 7.71. The first-order valence-corrected chi connectivity index (χ1v) is 5.97. The summed E-state index contributed by atoms with van der Waals surface area (Å²) >= 11 is 11.0. The molecule has 0 aliphatic rings. The van der Waals surface area contributed by atoms with Gasteiger partial charge in [-0.1, -0.05) is 18.5 Å². The molecule has 1 heterocycles. The summed E-state index contributed by atoms with van der Waals surface area (Å²) < 4.78 is 2.07. The van der Waals surface area contributed by atoms with Crippen molar-refractivity contribution in [2.75, 3.05) is 0 Å². The van der Waals surface area contributed by atoms with E-state index < -0.39 is 0 Å². The van der Waals surface area contributed by atoms with Crippen molar-refractivity contribution < 1.29 is 0 Å². The molecule has 0 spiro atoms. The number of nitrogens with zero attached hydrogens (tertiary/aromatic N) is 3. The highest BCUT2D eigenvalue weighted by atomic mass is 35.5. The molecule has 0 saturated heterocycles. The van der Waals surface area contributed by atoms with Crippen molar-refractivity contribution in [3.63, 3.8) is 0 Å². The van der Waals surface area contributed by atoms with Gasteiger partial charge in [-0.25, -0.2) is 5.10 Å². The zero-order valence-corrected chi connectivity index (χ0v) is 10.8. The second-order valence-corrected chi connectivity index (χ2v) is 4.20. The van der Waals surface area contributed by atoms with E-state index in [0.717, 1.165) is 12.0 Å². The zero-order valence-electron chi connectivity index (χ0n) is 9.22. The number of hydrogen-bond acceptors (Lipinski definition) is 3. The first-order chi connectivity index (χ1) is 8.22. The number of rotatable bonds is 3. The Bertz CT molecular complexity index is 582. The third-order valence-electron chi connectivity index (χ3n) is 2.13. The van der Waals surface area contributed by atoms with Gasteiger partial charge < -0.3 is 0 Å². The fourth-order valence-corrected chi connectivity index (χ4v) is 1.65. The quantitative estimate of drug-likeness (QED) is 0.683. The van der Waals surface area contributed by atoms with Gasteiger partial charge in [-0.15, -0.1) is 0 Å². The van der Waals surface area contributed by atoms with Crippen LogP contribution in [0.25, 0.3) is 11.4 Å². The highest BCUT2D eigenvalue weighted by Crippen LogP contribution is 2.19. The Balaban J connectivity index is 2.49. The molecule has 1 aromatic heterocycles. The molecule has 4 nitrogen and oxygen atoms in total. The lowest BCUT2D eigenvalue weighted by Gasteiger charge is -2.00. The van der Waals surface area contributed by atoms with Gasteiger partial charge in [0.05, 0.1) is 0 Å². The standard InChI is InChI=1S/C11H11ClN4S/c1-2-7-13-16-10(14-15-11(16)17)8-3-5-9(12)6-4-8/h3-7H,2H2,1H3,(H,15,17). The van der Waals surface area contributed by atoms with Crippen LogP contribution in [0.3, 0.4) is 0 Å². The van der Waals surface area contributed by atoms with Crippen LogP contribution in [-0.2, 0) is 0 Å². The molecule has 0 fully saturated rings. The number of aromatic nitrogens is 3. The lowest BCUT2D eigenvalue weighted by molar-refractivity contribution is 0.866. The molecular formula is C11H11ClN4S. The summed E-state index contributed by atoms with van der Waals surface area (Å²) in [7, 11) is 0. The Kier molecular flexibility index (Phi) is 3.71. The molecular weight excluding hydrogens is 256 g/mol. The monoisotopic (exact) mass is 266 g/mol. The van der Waals surface area contributed by atoms with E-state index in [9.17, 15) is 0 Å². The average molecular weight is 267 g/mol. The molecule has 0 aliphatic heterocycles. The maximum Gasteiger partial charge on any atom is 0.216 e. The van der Waals surface area contributed by atoms with Crippen LogP contribution < -0.4 is 0 Å². The molecule has 0 saturated carbocycles. The number of benzene rings is 1. The average Bonchev–Trinajstić information content (AvgIpc) is 2.69. The predicted octanol–water partition coefficient (Wildman–Crippen LogP) is 3.50. The minimum Gasteiger partial charge on any atom is -0.250 e. The fraction of sp³-hybridized carbons (Fsp3) is 0.182. The lowest BCUT2D eigenvalue weighted by Crippen LogP contribution is -1.93. The molecule has 0 amide bonds. The highest BCUT2D eigenvalue weighted by Gasteiger charge is 2.07. The number of hydrogen-bond donors (Lipinski definition) is 1. The molecule has 6 heteroatoms. The minimum absolute atomic E-state index is 0.472. The summed E-state index contributed by atoms with van der Waals surface area (Å²) in [5, 5.41) is 11.8. The molecule has 2 rings (SSSR count). The summed E-state index contributed by atoms with van der Waals surface area (Å²) in [6, 6.07) is 7.38. The zero-order chi connectivity index (χ0) is 12.3. The van der Waals surface area contributed by atoms with E-state index in [0.29, 0.717) is 15.6 Å². The first-order valence-electron chi connectivity index (χ1n) is 5.18. The van der Waals surface area contributed by atoms with Gasteiger partial charge in [0.1, 0.15) is 0 Å². The van der Waals surface area contributed by atoms with Crippen LogP contribution in [0.5, 0.6) is 0 Å². The van der Waals surface area contributed by atoms with Gasteiger partial charge >= 0.3 is 0 Å². The van der Waals surface area contributed by atoms with Gasteiger partial charge in [-0.05, 0) is 42.9 Å². The van der Waals surface area contributed by atoms with Gasteiger partial charge in [0.15, 0.2) is 5.82 Å². The fourth-order valence-electron chi connectivity index (χ4n) is 1.35.